The number of ether oxygens (including phenoxy) is 7. The minimum atomic E-state index is -0.226. The van der Waals surface area contributed by atoms with Crippen molar-refractivity contribution in [1.82, 2.24) is 0 Å². The van der Waals surface area contributed by atoms with Gasteiger partial charge in [0.25, 0.3) is 0 Å². The van der Waals surface area contributed by atoms with Crippen LogP contribution in [0.15, 0.2) is 0 Å². The number of carbonyl (C=O) groups is 1. The van der Waals surface area contributed by atoms with E-state index in [9.17, 15) is 4.79 Å². The zero-order valence-electron chi connectivity index (χ0n) is 16.1. The lowest BCUT2D eigenvalue weighted by molar-refractivity contribution is -0.264. The van der Waals surface area contributed by atoms with Crippen molar-refractivity contribution in [2.45, 2.75) is 93.3 Å². The normalized spacial score (nSPS) is 54.0. The van der Waals surface area contributed by atoms with Gasteiger partial charge in [-0.3, -0.25) is 4.79 Å². The lowest BCUT2D eigenvalue weighted by Crippen LogP contribution is -2.61. The highest BCUT2D eigenvalue weighted by Crippen LogP contribution is 2.48. The number of methoxy groups -OCH3 is 1. The molecule has 7 saturated heterocycles. The quantitative estimate of drug-likeness (QED) is 0.668. The maximum absolute atomic E-state index is 12.6. The van der Waals surface area contributed by atoms with Crippen LogP contribution in [-0.2, 0) is 38.0 Å². The van der Waals surface area contributed by atoms with Gasteiger partial charge in [0.1, 0.15) is 36.3 Å². The number of carbonyl (C=O) groups excluding carboxylic acids is 1. The van der Waals surface area contributed by atoms with Crippen molar-refractivity contribution in [2.75, 3.05) is 20.3 Å². The Morgan fingerprint density at radius 2 is 1.61 bits per heavy atom. The van der Waals surface area contributed by atoms with Gasteiger partial charge in [-0.1, -0.05) is 0 Å². The molecule has 0 aliphatic carbocycles. The van der Waals surface area contributed by atoms with E-state index >= 15 is 0 Å². The molecule has 7 rings (SSSR count). The van der Waals surface area contributed by atoms with Crippen LogP contribution >= 0.6 is 0 Å². The van der Waals surface area contributed by atoms with Gasteiger partial charge in [-0.2, -0.15) is 0 Å². The molecule has 0 aromatic rings. The first-order valence-electron chi connectivity index (χ1n) is 10.6. The topological polar surface area (TPSA) is 81.7 Å². The van der Waals surface area contributed by atoms with Gasteiger partial charge in [0.05, 0.1) is 37.6 Å². The molecular weight excluding hydrogens is 368 g/mol. The second kappa shape index (κ2) is 6.97. The first kappa shape index (κ1) is 18.2. The van der Waals surface area contributed by atoms with Gasteiger partial charge >= 0.3 is 0 Å². The number of hydrogen-bond acceptors (Lipinski definition) is 8. The van der Waals surface area contributed by atoms with Gasteiger partial charge in [-0.05, 0) is 12.8 Å². The summed E-state index contributed by atoms with van der Waals surface area (Å²) in [5.41, 5.74) is 0. The Morgan fingerprint density at radius 1 is 0.857 bits per heavy atom. The summed E-state index contributed by atoms with van der Waals surface area (Å²) >= 11 is 0. The highest BCUT2D eigenvalue weighted by atomic mass is 16.8. The number of rotatable bonds is 5. The van der Waals surface area contributed by atoms with Crippen LogP contribution in [0.5, 0.6) is 0 Å². The van der Waals surface area contributed by atoms with E-state index in [0.29, 0.717) is 26.1 Å². The molecule has 6 bridgehead atoms. The minimum Gasteiger partial charge on any atom is -0.379 e. The van der Waals surface area contributed by atoms with Crippen molar-refractivity contribution in [3.8, 4) is 0 Å². The van der Waals surface area contributed by atoms with Gasteiger partial charge in [0.2, 0.25) is 0 Å². The summed E-state index contributed by atoms with van der Waals surface area (Å²) in [6.07, 6.45) is 2.55. The van der Waals surface area contributed by atoms with Crippen molar-refractivity contribution in [2.24, 2.45) is 5.92 Å². The Bertz CT molecular complexity index is 627. The molecule has 8 heteroatoms. The van der Waals surface area contributed by atoms with Gasteiger partial charge in [-0.15, -0.1) is 0 Å². The summed E-state index contributed by atoms with van der Waals surface area (Å²) < 4.78 is 41.9. The molecule has 0 saturated carbocycles. The molecule has 0 amide bonds. The van der Waals surface area contributed by atoms with Crippen LogP contribution in [0.3, 0.4) is 0 Å². The summed E-state index contributed by atoms with van der Waals surface area (Å²) in [4.78, 5) is 12.6. The molecule has 28 heavy (non-hydrogen) atoms. The second-order valence-corrected chi connectivity index (χ2v) is 8.96. The molecule has 7 fully saturated rings. The highest BCUT2D eigenvalue weighted by molar-refractivity contribution is 5.79. The van der Waals surface area contributed by atoms with Gasteiger partial charge < -0.3 is 33.2 Å². The van der Waals surface area contributed by atoms with Crippen LogP contribution in [0, 0.1) is 5.92 Å². The summed E-state index contributed by atoms with van der Waals surface area (Å²) in [6.45, 7) is 1.16. The average molecular weight is 396 g/mol. The molecule has 0 aromatic heterocycles. The van der Waals surface area contributed by atoms with Crippen LogP contribution in [0.25, 0.3) is 0 Å². The third-order valence-electron chi connectivity index (χ3n) is 7.25. The van der Waals surface area contributed by atoms with E-state index < -0.39 is 0 Å². The van der Waals surface area contributed by atoms with E-state index in [4.69, 9.17) is 33.2 Å². The largest absolute Gasteiger partial charge is 0.379 e. The minimum absolute atomic E-state index is 0.0102. The maximum atomic E-state index is 12.6. The first-order valence-corrected chi connectivity index (χ1v) is 10.6. The predicted octanol–water partition coefficient (Wildman–Crippen LogP) is 0.593. The standard InChI is InChI=1S/C20H28O8/c1-22-14-8-23-7-9(14)4-10(21)5-11-2-3-12-16(24-11)19-20-18(25-12)17-13(26-20)6-15(27-17)28-19/h9,11-20H,2-8H2,1H3/t9-,11+,12-,13+,14-,15-,16-,17?,18-,19-,20+/m0/s1. The van der Waals surface area contributed by atoms with E-state index in [0.717, 1.165) is 19.3 Å². The molecule has 1 unspecified atom stereocenters. The Labute approximate surface area is 164 Å². The Morgan fingerprint density at radius 3 is 2.50 bits per heavy atom. The second-order valence-electron chi connectivity index (χ2n) is 8.96. The Kier molecular flexibility index (Phi) is 4.53. The number of fused-ring (bicyclic) bond motifs is 1. The zero-order chi connectivity index (χ0) is 18.8. The monoisotopic (exact) mass is 396 g/mol. The van der Waals surface area contributed by atoms with Crippen molar-refractivity contribution < 1.29 is 38.0 Å². The molecular formula is C20H28O8. The molecule has 7 aliphatic heterocycles. The van der Waals surface area contributed by atoms with E-state index in [1.165, 1.54) is 0 Å². The predicted molar refractivity (Wildman–Crippen MR) is 92.7 cm³/mol. The van der Waals surface area contributed by atoms with Crippen molar-refractivity contribution in [3.63, 3.8) is 0 Å². The summed E-state index contributed by atoms with van der Waals surface area (Å²) in [5.74, 6) is 0.353. The van der Waals surface area contributed by atoms with E-state index in [1.807, 2.05) is 0 Å². The fourth-order valence-electron chi connectivity index (χ4n) is 5.89. The summed E-state index contributed by atoms with van der Waals surface area (Å²) in [5, 5.41) is 0. The summed E-state index contributed by atoms with van der Waals surface area (Å²) in [7, 11) is 1.67. The molecule has 7 aliphatic rings. The van der Waals surface area contributed by atoms with Crippen molar-refractivity contribution in [3.05, 3.63) is 0 Å². The van der Waals surface area contributed by atoms with Crippen LogP contribution in [0.2, 0.25) is 0 Å². The molecule has 0 radical (unpaired) electrons. The lowest BCUT2D eigenvalue weighted by atomic mass is 9.86. The molecule has 0 aromatic carbocycles. The van der Waals surface area contributed by atoms with E-state index in [2.05, 4.69) is 0 Å². The summed E-state index contributed by atoms with van der Waals surface area (Å²) in [6, 6.07) is 0. The number of hydrogen-bond donors (Lipinski definition) is 0. The third kappa shape index (κ3) is 2.88. The molecule has 11 atom stereocenters. The van der Waals surface area contributed by atoms with Gasteiger partial charge in [0.15, 0.2) is 6.29 Å². The maximum Gasteiger partial charge on any atom is 0.161 e. The fraction of sp³-hybridized carbons (Fsp3) is 0.950. The fourth-order valence-corrected chi connectivity index (χ4v) is 5.89. The van der Waals surface area contributed by atoms with Crippen molar-refractivity contribution >= 4 is 5.78 Å². The molecule has 0 spiro atoms. The van der Waals surface area contributed by atoms with Crippen LogP contribution in [-0.4, -0.2) is 87.3 Å². The van der Waals surface area contributed by atoms with Crippen molar-refractivity contribution in [1.29, 1.82) is 0 Å². The highest BCUT2D eigenvalue weighted by Gasteiger charge is 2.64. The number of Topliss-reactive ketones (excluding diaryl/α,β-unsaturated/α-hetero) is 1. The zero-order valence-corrected chi connectivity index (χ0v) is 16.1. The molecule has 7 heterocycles. The molecule has 8 nitrogen and oxygen atoms in total. The average Bonchev–Trinajstić information content (AvgIpc) is 3.30. The van der Waals surface area contributed by atoms with Crippen LogP contribution in [0.4, 0.5) is 0 Å². The Balaban J connectivity index is 1.10. The van der Waals surface area contributed by atoms with Crippen LogP contribution < -0.4 is 0 Å². The van der Waals surface area contributed by atoms with E-state index in [-0.39, 0.29) is 72.9 Å². The van der Waals surface area contributed by atoms with Gasteiger partial charge in [0, 0.05) is 32.3 Å². The molecule has 156 valence electrons. The van der Waals surface area contributed by atoms with Gasteiger partial charge in [-0.25, -0.2) is 0 Å². The van der Waals surface area contributed by atoms with Crippen LogP contribution in [0.1, 0.15) is 32.1 Å². The lowest BCUT2D eigenvalue weighted by Gasteiger charge is -2.46. The van der Waals surface area contributed by atoms with E-state index in [1.54, 1.807) is 7.11 Å². The SMILES string of the molecule is CO[C@H]1COC[C@@H]1CC(=O)C[C@H]1CC[C@@H]2O[C@H]3C4O[C@@H]5C[C@H]4O[C@H]3[C@@H](O5)[C@H]2O1. The molecule has 0 N–H and O–H groups in total. The Hall–Kier alpha value is -0.610. The smallest absolute Gasteiger partial charge is 0.161 e. The third-order valence-corrected chi connectivity index (χ3v) is 7.25. The number of ketones is 1. The first-order chi connectivity index (χ1) is 13.7.